The van der Waals surface area contributed by atoms with Crippen LogP contribution in [-0.2, 0) is 6.54 Å². The lowest BCUT2D eigenvalue weighted by atomic mass is 10.2. The second-order valence-electron chi connectivity index (χ2n) is 6.66. The average molecular weight is 395 g/mol. The molecule has 0 bridgehead atoms. The van der Waals surface area contributed by atoms with E-state index in [1.54, 1.807) is 7.11 Å². The molecule has 6 nitrogen and oxygen atoms in total. The van der Waals surface area contributed by atoms with Crippen LogP contribution in [0.4, 0.5) is 11.4 Å². The molecule has 3 rings (SSSR count). The Morgan fingerprint density at radius 2 is 1.79 bits per heavy atom. The van der Waals surface area contributed by atoms with E-state index in [-0.39, 0.29) is 0 Å². The van der Waals surface area contributed by atoms with E-state index in [4.69, 9.17) is 14.5 Å². The summed E-state index contributed by atoms with van der Waals surface area (Å²) in [5, 5.41) is 6.63. The summed E-state index contributed by atoms with van der Waals surface area (Å²) in [6, 6.07) is 14.4. The highest BCUT2D eigenvalue weighted by molar-refractivity contribution is 5.93. The molecule has 0 spiro atoms. The van der Waals surface area contributed by atoms with Crippen LogP contribution in [0.3, 0.4) is 0 Å². The van der Waals surface area contributed by atoms with Crippen molar-refractivity contribution in [1.29, 1.82) is 0 Å². The minimum Gasteiger partial charge on any atom is -0.493 e. The standard InChI is InChI=1S/C23H30N4O2/c1-4-24-23(26-19-10-13-21(28-3)22(16-19)29-5-2)25-17-18-8-11-20(12-9-18)27-14-6-7-15-27/h6-13,16H,4-5,14-15,17H2,1-3H3,(H2,24,25,26). The highest BCUT2D eigenvalue weighted by Crippen LogP contribution is 2.30. The van der Waals surface area contributed by atoms with Gasteiger partial charge in [0.15, 0.2) is 17.5 Å². The zero-order valence-corrected chi connectivity index (χ0v) is 17.4. The van der Waals surface area contributed by atoms with Gasteiger partial charge in [-0.3, -0.25) is 0 Å². The van der Waals surface area contributed by atoms with Gasteiger partial charge in [0.05, 0.1) is 20.3 Å². The normalized spacial score (nSPS) is 13.5. The second kappa shape index (κ2) is 10.4. The number of ether oxygens (including phenoxy) is 2. The molecule has 29 heavy (non-hydrogen) atoms. The number of methoxy groups -OCH3 is 1. The molecule has 0 aromatic heterocycles. The van der Waals surface area contributed by atoms with Crippen LogP contribution in [0, 0.1) is 0 Å². The van der Waals surface area contributed by atoms with E-state index in [1.165, 1.54) is 11.3 Å². The molecule has 0 amide bonds. The quantitative estimate of drug-likeness (QED) is 0.402. The minimum atomic E-state index is 0.581. The van der Waals surface area contributed by atoms with Crippen LogP contribution in [0.25, 0.3) is 0 Å². The van der Waals surface area contributed by atoms with Gasteiger partial charge in [0.2, 0.25) is 0 Å². The Kier molecular flexibility index (Phi) is 7.39. The van der Waals surface area contributed by atoms with Crippen molar-refractivity contribution >= 4 is 17.3 Å². The second-order valence-corrected chi connectivity index (χ2v) is 6.66. The van der Waals surface area contributed by atoms with Crippen molar-refractivity contribution in [3.05, 3.63) is 60.2 Å². The molecule has 2 N–H and O–H groups in total. The van der Waals surface area contributed by atoms with Gasteiger partial charge in [0, 0.05) is 37.1 Å². The van der Waals surface area contributed by atoms with Gasteiger partial charge in [-0.1, -0.05) is 24.3 Å². The fraction of sp³-hybridized carbons (Fsp3) is 0.348. The van der Waals surface area contributed by atoms with Crippen LogP contribution in [0.5, 0.6) is 11.5 Å². The number of guanidine groups is 1. The van der Waals surface area contributed by atoms with Gasteiger partial charge in [0.1, 0.15) is 0 Å². The van der Waals surface area contributed by atoms with E-state index >= 15 is 0 Å². The van der Waals surface area contributed by atoms with Gasteiger partial charge in [-0.15, -0.1) is 0 Å². The van der Waals surface area contributed by atoms with E-state index in [9.17, 15) is 0 Å². The zero-order chi connectivity index (χ0) is 20.5. The lowest BCUT2D eigenvalue weighted by Gasteiger charge is -2.17. The number of hydrogen-bond donors (Lipinski definition) is 2. The van der Waals surface area contributed by atoms with E-state index in [0.29, 0.717) is 24.7 Å². The molecule has 0 aliphatic carbocycles. The summed E-state index contributed by atoms with van der Waals surface area (Å²) in [4.78, 5) is 7.05. The molecule has 2 aromatic rings. The third-order valence-electron chi connectivity index (χ3n) is 4.61. The molecule has 0 atom stereocenters. The largest absolute Gasteiger partial charge is 0.493 e. The highest BCUT2D eigenvalue weighted by atomic mass is 16.5. The smallest absolute Gasteiger partial charge is 0.196 e. The van der Waals surface area contributed by atoms with E-state index in [0.717, 1.165) is 31.3 Å². The number of rotatable bonds is 8. The van der Waals surface area contributed by atoms with Crippen LogP contribution in [0.15, 0.2) is 59.6 Å². The molecule has 0 fully saturated rings. The van der Waals surface area contributed by atoms with Gasteiger partial charge in [0.25, 0.3) is 0 Å². The monoisotopic (exact) mass is 394 g/mol. The first-order valence-electron chi connectivity index (χ1n) is 10.1. The van der Waals surface area contributed by atoms with Crippen molar-refractivity contribution in [2.24, 2.45) is 4.99 Å². The molecule has 0 saturated heterocycles. The number of anilines is 2. The van der Waals surface area contributed by atoms with Crippen LogP contribution >= 0.6 is 0 Å². The number of benzene rings is 2. The average Bonchev–Trinajstić information content (AvgIpc) is 3.28. The van der Waals surface area contributed by atoms with Gasteiger partial charge < -0.3 is 25.0 Å². The molecule has 2 aromatic carbocycles. The van der Waals surface area contributed by atoms with Crippen molar-refractivity contribution in [2.75, 3.05) is 43.6 Å². The molecule has 1 heterocycles. The van der Waals surface area contributed by atoms with Crippen LogP contribution in [0.2, 0.25) is 0 Å². The van der Waals surface area contributed by atoms with Crippen molar-refractivity contribution in [1.82, 2.24) is 5.32 Å². The Hall–Kier alpha value is -3.15. The number of nitrogens with one attached hydrogen (secondary N) is 2. The summed E-state index contributed by atoms with van der Waals surface area (Å²) in [7, 11) is 1.64. The molecule has 0 unspecified atom stereocenters. The summed E-state index contributed by atoms with van der Waals surface area (Å²) in [5.74, 6) is 2.16. The lowest BCUT2D eigenvalue weighted by molar-refractivity contribution is 0.311. The maximum absolute atomic E-state index is 5.66. The van der Waals surface area contributed by atoms with Crippen LogP contribution in [0.1, 0.15) is 19.4 Å². The Balaban J connectivity index is 1.67. The maximum atomic E-state index is 5.66. The molecular formula is C23H30N4O2. The van der Waals surface area contributed by atoms with Gasteiger partial charge in [-0.05, 0) is 43.7 Å². The molecule has 0 saturated carbocycles. The zero-order valence-electron chi connectivity index (χ0n) is 17.4. The van der Waals surface area contributed by atoms with Gasteiger partial charge >= 0.3 is 0 Å². The van der Waals surface area contributed by atoms with E-state index in [2.05, 4.69) is 58.9 Å². The van der Waals surface area contributed by atoms with Crippen molar-refractivity contribution < 1.29 is 9.47 Å². The molecule has 0 radical (unpaired) electrons. The van der Waals surface area contributed by atoms with Crippen LogP contribution < -0.4 is 25.0 Å². The first-order valence-corrected chi connectivity index (χ1v) is 10.1. The molecule has 154 valence electrons. The summed E-state index contributed by atoms with van der Waals surface area (Å²) in [5.41, 5.74) is 3.31. The predicted molar refractivity (Wildman–Crippen MR) is 120 cm³/mol. The number of hydrogen-bond acceptors (Lipinski definition) is 4. The van der Waals surface area contributed by atoms with Crippen molar-refractivity contribution in [2.45, 2.75) is 20.4 Å². The molecular weight excluding hydrogens is 364 g/mol. The SMILES string of the molecule is CCNC(=NCc1ccc(N2CC=CC2)cc1)Nc1ccc(OC)c(OCC)c1. The fourth-order valence-electron chi connectivity index (χ4n) is 3.14. The third-order valence-corrected chi connectivity index (χ3v) is 4.61. The molecule has 1 aliphatic rings. The summed E-state index contributed by atoms with van der Waals surface area (Å²) >= 11 is 0. The van der Waals surface area contributed by atoms with E-state index in [1.807, 2.05) is 25.1 Å². The number of nitrogens with zero attached hydrogens (tertiary/aromatic N) is 2. The Morgan fingerprint density at radius 1 is 1.03 bits per heavy atom. The first-order chi connectivity index (χ1) is 14.2. The highest BCUT2D eigenvalue weighted by Gasteiger charge is 2.08. The van der Waals surface area contributed by atoms with Gasteiger partial charge in [-0.2, -0.15) is 0 Å². The van der Waals surface area contributed by atoms with Crippen molar-refractivity contribution in [3.63, 3.8) is 0 Å². The number of aliphatic imine (C=N–C) groups is 1. The Bertz CT molecular complexity index is 838. The summed E-state index contributed by atoms with van der Waals surface area (Å²) < 4.78 is 11.0. The topological polar surface area (TPSA) is 58.1 Å². The maximum Gasteiger partial charge on any atom is 0.196 e. The predicted octanol–water partition coefficient (Wildman–Crippen LogP) is 4.05. The molecule has 6 heteroatoms. The Morgan fingerprint density at radius 3 is 2.45 bits per heavy atom. The lowest BCUT2D eigenvalue weighted by Crippen LogP contribution is -2.30. The fourth-order valence-corrected chi connectivity index (χ4v) is 3.14. The summed E-state index contributed by atoms with van der Waals surface area (Å²) in [6.07, 6.45) is 4.39. The Labute approximate surface area is 173 Å². The first kappa shape index (κ1) is 20.6. The van der Waals surface area contributed by atoms with Gasteiger partial charge in [-0.25, -0.2) is 4.99 Å². The minimum absolute atomic E-state index is 0.581. The summed E-state index contributed by atoms with van der Waals surface area (Å²) in [6.45, 7) is 7.93. The third kappa shape index (κ3) is 5.67. The van der Waals surface area contributed by atoms with Crippen molar-refractivity contribution in [3.8, 4) is 11.5 Å². The molecule has 1 aliphatic heterocycles. The van der Waals surface area contributed by atoms with Crippen LogP contribution in [-0.4, -0.2) is 39.3 Å². The van der Waals surface area contributed by atoms with E-state index < -0.39 is 0 Å².